The normalized spacial score (nSPS) is 9.75. The first-order valence-electron chi connectivity index (χ1n) is 1.23. The van der Waals surface area contributed by atoms with Gasteiger partial charge in [-0.25, -0.2) is 9.36 Å². The molecule has 7 heteroatoms. The van der Waals surface area contributed by atoms with Gasteiger partial charge in [-0.2, -0.15) is 0 Å². The van der Waals surface area contributed by atoms with Crippen LogP contribution in [0.4, 0.5) is 4.79 Å². The molecule has 0 heterocycles. The van der Waals surface area contributed by atoms with Crippen LogP contribution in [0.1, 0.15) is 0 Å². The second-order valence-electron chi connectivity index (χ2n) is 0.827. The molecule has 3 N–H and O–H groups in total. The van der Waals surface area contributed by atoms with E-state index in [0.29, 0.717) is 0 Å². The first kappa shape index (κ1) is 11.1. The Balaban J connectivity index is 0. The molecule has 0 aromatic carbocycles. The van der Waals surface area contributed by atoms with E-state index in [0.717, 1.165) is 0 Å². The molecule has 0 atom stereocenters. The van der Waals surface area contributed by atoms with Crippen molar-refractivity contribution in [2.75, 3.05) is 0 Å². The molecule has 0 saturated carbocycles. The van der Waals surface area contributed by atoms with Crippen LogP contribution in [0, 0.1) is 0 Å². The SMILES string of the molecule is O=C(O)P(=O)(O)O.[Zn]. The van der Waals surface area contributed by atoms with Gasteiger partial charge in [0, 0.05) is 19.5 Å². The first-order valence-corrected chi connectivity index (χ1v) is 2.85. The fourth-order valence-electron chi connectivity index (χ4n) is 0. The van der Waals surface area contributed by atoms with E-state index < -0.39 is 13.3 Å². The molecule has 44 valence electrons. The third-order valence-electron chi connectivity index (χ3n) is 0.249. The fraction of sp³-hybridized carbons (Fsp3) is 0. The van der Waals surface area contributed by atoms with Crippen molar-refractivity contribution in [3.05, 3.63) is 0 Å². The van der Waals surface area contributed by atoms with E-state index in [1.165, 1.54) is 0 Å². The van der Waals surface area contributed by atoms with E-state index in [2.05, 4.69) is 0 Å². The molecule has 8 heavy (non-hydrogen) atoms. The minimum atomic E-state index is -4.82. The van der Waals surface area contributed by atoms with Gasteiger partial charge in [-0.3, -0.25) is 0 Å². The van der Waals surface area contributed by atoms with Crippen LogP contribution in [0.25, 0.3) is 0 Å². The summed E-state index contributed by atoms with van der Waals surface area (Å²) in [7, 11) is -4.82. The van der Waals surface area contributed by atoms with Gasteiger partial charge in [0.25, 0.3) is 0 Å². The van der Waals surface area contributed by atoms with E-state index in [4.69, 9.17) is 14.9 Å². The standard InChI is InChI=1S/CH3O5P.Zn/c2-1(3)7(4,5)6;/h(H,2,3)(H2,4,5,6);. The average molecular weight is 191 g/mol. The minimum Gasteiger partial charge on any atom is -0.472 e. The van der Waals surface area contributed by atoms with Crippen molar-refractivity contribution >= 4 is 13.3 Å². The summed E-state index contributed by atoms with van der Waals surface area (Å²) in [5, 5.41) is 7.49. The largest absolute Gasteiger partial charge is 0.472 e. The van der Waals surface area contributed by atoms with Crippen LogP contribution in [-0.4, -0.2) is 20.6 Å². The molecule has 0 amide bonds. The Morgan fingerprint density at radius 2 is 1.50 bits per heavy atom. The van der Waals surface area contributed by atoms with Crippen LogP contribution in [-0.2, 0) is 24.0 Å². The quantitative estimate of drug-likeness (QED) is 0.395. The topological polar surface area (TPSA) is 94.8 Å². The Bertz CT molecular complexity index is 124. The van der Waals surface area contributed by atoms with E-state index >= 15 is 0 Å². The van der Waals surface area contributed by atoms with Crippen molar-refractivity contribution in [1.29, 1.82) is 0 Å². The predicted octanol–water partition coefficient (Wildman–Crippen LogP) is -0.160. The van der Waals surface area contributed by atoms with Crippen LogP contribution < -0.4 is 0 Å². The minimum absolute atomic E-state index is 0. The molecule has 0 bridgehead atoms. The summed E-state index contributed by atoms with van der Waals surface area (Å²) in [6.45, 7) is 0. The summed E-state index contributed by atoms with van der Waals surface area (Å²) in [6, 6.07) is 0. The molecule has 0 unspecified atom stereocenters. The van der Waals surface area contributed by atoms with Crippen LogP contribution >= 0.6 is 7.60 Å². The van der Waals surface area contributed by atoms with Gasteiger partial charge < -0.3 is 14.9 Å². The smallest absolute Gasteiger partial charge is 0.433 e. The Hall–Kier alpha value is 0.243. The number of rotatable bonds is 1. The van der Waals surface area contributed by atoms with Crippen molar-refractivity contribution in [3.63, 3.8) is 0 Å². The van der Waals surface area contributed by atoms with Crippen molar-refractivity contribution in [1.82, 2.24) is 0 Å². The molecule has 0 saturated heterocycles. The van der Waals surface area contributed by atoms with Gasteiger partial charge in [0.15, 0.2) is 0 Å². The molecule has 0 rings (SSSR count). The predicted molar refractivity (Wildman–Crippen MR) is 20.1 cm³/mol. The monoisotopic (exact) mass is 190 g/mol. The van der Waals surface area contributed by atoms with Crippen molar-refractivity contribution < 1.29 is 43.7 Å². The van der Waals surface area contributed by atoms with Gasteiger partial charge in [-0.05, 0) is 0 Å². The number of hydrogen-bond donors (Lipinski definition) is 3. The summed E-state index contributed by atoms with van der Waals surface area (Å²) in [5.74, 6) is 0. The van der Waals surface area contributed by atoms with Crippen LogP contribution in [0.2, 0.25) is 0 Å². The maximum absolute atomic E-state index is 9.43. The Morgan fingerprint density at radius 3 is 1.50 bits per heavy atom. The summed E-state index contributed by atoms with van der Waals surface area (Å²) in [5.41, 5.74) is -2.09. The molecule has 0 aliphatic carbocycles. The number of carbonyl (C=O) groups is 1. The van der Waals surface area contributed by atoms with Gasteiger partial charge in [0.2, 0.25) is 0 Å². The third-order valence-corrected chi connectivity index (χ3v) is 0.748. The van der Waals surface area contributed by atoms with Crippen molar-refractivity contribution in [3.8, 4) is 0 Å². The zero-order valence-electron chi connectivity index (χ0n) is 3.81. The second-order valence-corrected chi connectivity index (χ2v) is 2.30. The first-order chi connectivity index (χ1) is 2.94. The molecular weight excluding hydrogens is 188 g/mol. The van der Waals surface area contributed by atoms with Gasteiger partial charge in [-0.1, -0.05) is 0 Å². The summed E-state index contributed by atoms with van der Waals surface area (Å²) in [4.78, 5) is 24.5. The molecule has 0 radical (unpaired) electrons. The zero-order chi connectivity index (χ0) is 6.08. The van der Waals surface area contributed by atoms with E-state index in [1.807, 2.05) is 0 Å². The maximum Gasteiger partial charge on any atom is 0.433 e. The second kappa shape index (κ2) is 3.30. The molecule has 0 fully saturated rings. The van der Waals surface area contributed by atoms with Crippen LogP contribution in [0.3, 0.4) is 0 Å². The van der Waals surface area contributed by atoms with Crippen molar-refractivity contribution in [2.45, 2.75) is 0 Å². The van der Waals surface area contributed by atoms with Gasteiger partial charge in [0.05, 0.1) is 0 Å². The van der Waals surface area contributed by atoms with E-state index in [9.17, 15) is 9.36 Å². The maximum atomic E-state index is 9.43. The van der Waals surface area contributed by atoms with Crippen LogP contribution in [0.5, 0.6) is 0 Å². The molecular formula is CH3O5PZn. The average Bonchev–Trinajstić information content (AvgIpc) is 1.31. The summed E-state index contributed by atoms with van der Waals surface area (Å²) in [6.07, 6.45) is 0. The number of carboxylic acid groups (broad SMARTS) is 1. The fourth-order valence-corrected chi connectivity index (χ4v) is 0. The Morgan fingerprint density at radius 1 is 1.38 bits per heavy atom. The molecule has 0 aliphatic heterocycles. The Kier molecular flexibility index (Phi) is 4.58. The van der Waals surface area contributed by atoms with E-state index in [-0.39, 0.29) is 19.5 Å². The molecule has 0 aliphatic rings. The molecule has 0 aromatic heterocycles. The van der Waals surface area contributed by atoms with Crippen LogP contribution in [0.15, 0.2) is 0 Å². The van der Waals surface area contributed by atoms with Gasteiger partial charge in [0.1, 0.15) is 0 Å². The van der Waals surface area contributed by atoms with Gasteiger partial charge in [-0.15, -0.1) is 0 Å². The van der Waals surface area contributed by atoms with Gasteiger partial charge >= 0.3 is 13.3 Å². The summed E-state index contributed by atoms with van der Waals surface area (Å²) < 4.78 is 9.43. The molecule has 5 nitrogen and oxygen atoms in total. The van der Waals surface area contributed by atoms with E-state index in [1.54, 1.807) is 0 Å². The Labute approximate surface area is 57.6 Å². The third kappa shape index (κ3) is 4.40. The zero-order valence-corrected chi connectivity index (χ0v) is 7.67. The van der Waals surface area contributed by atoms with Crippen molar-refractivity contribution in [2.24, 2.45) is 0 Å². The molecule has 0 spiro atoms. The summed E-state index contributed by atoms with van der Waals surface area (Å²) >= 11 is 0. The number of hydrogen-bond acceptors (Lipinski definition) is 2. The molecule has 0 aromatic rings.